The Labute approximate surface area is 166 Å². The average molecular weight is 392 g/mol. The van der Waals surface area contributed by atoms with Crippen molar-refractivity contribution in [2.75, 3.05) is 40.4 Å². The molecule has 6 nitrogen and oxygen atoms in total. The Morgan fingerprint density at radius 2 is 2.00 bits per heavy atom. The van der Waals surface area contributed by atoms with E-state index in [1.54, 1.807) is 14.2 Å². The second-order valence-corrected chi connectivity index (χ2v) is 7.61. The highest BCUT2D eigenvalue weighted by Gasteiger charge is 2.41. The van der Waals surface area contributed by atoms with Crippen LogP contribution in [0.15, 0.2) is 18.2 Å². The number of amides is 1. The summed E-state index contributed by atoms with van der Waals surface area (Å²) in [6.45, 7) is 4.84. The van der Waals surface area contributed by atoms with Crippen molar-refractivity contribution < 1.29 is 14.3 Å². The summed E-state index contributed by atoms with van der Waals surface area (Å²) in [6.07, 6.45) is 2.43. The molecule has 2 atom stereocenters. The summed E-state index contributed by atoms with van der Waals surface area (Å²) in [4.78, 5) is 15.1. The van der Waals surface area contributed by atoms with Crippen molar-refractivity contribution >= 4 is 23.2 Å². The van der Waals surface area contributed by atoms with E-state index in [4.69, 9.17) is 21.7 Å². The standard InChI is InChI=1S/C20H29N3O3S/c1-4-21-20(27)23-11-15(14-6-5-7-17(25-2)18(14)26-3)16(12-23)19(24)22-10-13-8-9-13/h5-7,13,15-16H,4,8-12H2,1-3H3,(H,21,27)(H,22,24)/t15-,16-/m1/s1. The summed E-state index contributed by atoms with van der Waals surface area (Å²) in [5.74, 6) is 1.94. The molecule has 7 heteroatoms. The minimum absolute atomic E-state index is 0.00846. The van der Waals surface area contributed by atoms with Crippen LogP contribution in [0.2, 0.25) is 0 Å². The molecule has 1 amide bonds. The minimum Gasteiger partial charge on any atom is -0.493 e. The zero-order valence-corrected chi connectivity index (χ0v) is 17.1. The van der Waals surface area contributed by atoms with Gasteiger partial charge in [-0.1, -0.05) is 12.1 Å². The van der Waals surface area contributed by atoms with Gasteiger partial charge in [0.2, 0.25) is 5.91 Å². The van der Waals surface area contributed by atoms with Crippen LogP contribution in [0.5, 0.6) is 11.5 Å². The van der Waals surface area contributed by atoms with Crippen molar-refractivity contribution in [3.05, 3.63) is 23.8 Å². The lowest BCUT2D eigenvalue weighted by Crippen LogP contribution is -2.40. The molecule has 2 N–H and O–H groups in total. The predicted octanol–water partition coefficient (Wildman–Crippen LogP) is 2.14. The second-order valence-electron chi connectivity index (χ2n) is 7.22. The van der Waals surface area contributed by atoms with Crippen LogP contribution in [0.4, 0.5) is 0 Å². The molecule has 1 aromatic rings. The number of para-hydroxylation sites is 1. The molecule has 1 saturated carbocycles. The number of thiocarbonyl (C=S) groups is 1. The summed E-state index contributed by atoms with van der Waals surface area (Å²) in [7, 11) is 3.27. The summed E-state index contributed by atoms with van der Waals surface area (Å²) in [5.41, 5.74) is 0.991. The Bertz CT molecular complexity index is 693. The SMILES string of the molecule is CCNC(=S)N1C[C@H](c2cccc(OC)c2OC)[C@H](C(=O)NCC2CC2)C1. The summed E-state index contributed by atoms with van der Waals surface area (Å²) >= 11 is 5.51. The van der Waals surface area contributed by atoms with E-state index in [9.17, 15) is 4.79 Å². The number of ether oxygens (including phenoxy) is 2. The van der Waals surface area contributed by atoms with Gasteiger partial charge in [-0.05, 0) is 44.0 Å². The number of benzene rings is 1. The lowest BCUT2D eigenvalue weighted by Gasteiger charge is -2.22. The van der Waals surface area contributed by atoms with Crippen LogP contribution >= 0.6 is 12.2 Å². The van der Waals surface area contributed by atoms with E-state index in [0.717, 1.165) is 18.7 Å². The molecule has 0 unspecified atom stereocenters. The van der Waals surface area contributed by atoms with Crippen molar-refractivity contribution in [2.45, 2.75) is 25.7 Å². The predicted molar refractivity (Wildman–Crippen MR) is 109 cm³/mol. The third-order valence-electron chi connectivity index (χ3n) is 5.37. The number of nitrogens with one attached hydrogen (secondary N) is 2. The van der Waals surface area contributed by atoms with Gasteiger partial charge in [-0.3, -0.25) is 4.79 Å². The lowest BCUT2D eigenvalue weighted by molar-refractivity contribution is -0.125. The third-order valence-corrected chi connectivity index (χ3v) is 5.77. The summed E-state index contributed by atoms with van der Waals surface area (Å²) < 4.78 is 11.1. The molecule has 1 aromatic carbocycles. The van der Waals surface area contributed by atoms with Gasteiger partial charge in [0.1, 0.15) is 0 Å². The molecule has 1 aliphatic carbocycles. The summed E-state index contributed by atoms with van der Waals surface area (Å²) in [5, 5.41) is 7.04. The van der Waals surface area contributed by atoms with Gasteiger partial charge in [-0.25, -0.2) is 0 Å². The number of likely N-dealkylation sites (tertiary alicyclic amines) is 1. The Hall–Kier alpha value is -2.02. The van der Waals surface area contributed by atoms with Crippen molar-refractivity contribution in [1.82, 2.24) is 15.5 Å². The van der Waals surface area contributed by atoms with E-state index in [1.165, 1.54) is 12.8 Å². The van der Waals surface area contributed by atoms with Gasteiger partial charge >= 0.3 is 0 Å². The van der Waals surface area contributed by atoms with Gasteiger partial charge in [0.25, 0.3) is 0 Å². The maximum atomic E-state index is 13.0. The highest BCUT2D eigenvalue weighted by Crippen LogP contribution is 2.42. The van der Waals surface area contributed by atoms with Crippen LogP contribution in [0.3, 0.4) is 0 Å². The Kier molecular flexibility index (Phi) is 6.42. The van der Waals surface area contributed by atoms with E-state index in [0.29, 0.717) is 35.6 Å². The van der Waals surface area contributed by atoms with Crippen molar-refractivity contribution in [1.29, 1.82) is 0 Å². The molecular weight excluding hydrogens is 362 g/mol. The van der Waals surface area contributed by atoms with E-state index in [-0.39, 0.29) is 17.7 Å². The Morgan fingerprint density at radius 1 is 1.22 bits per heavy atom. The van der Waals surface area contributed by atoms with Crippen LogP contribution in [0.25, 0.3) is 0 Å². The van der Waals surface area contributed by atoms with Crippen LogP contribution < -0.4 is 20.1 Å². The first-order valence-electron chi connectivity index (χ1n) is 9.60. The fourth-order valence-corrected chi connectivity index (χ4v) is 4.01. The Balaban J connectivity index is 1.86. The molecule has 2 aliphatic rings. The monoisotopic (exact) mass is 391 g/mol. The molecule has 27 heavy (non-hydrogen) atoms. The quantitative estimate of drug-likeness (QED) is 0.695. The fourth-order valence-electron chi connectivity index (χ4n) is 3.72. The summed E-state index contributed by atoms with van der Waals surface area (Å²) in [6, 6.07) is 5.84. The lowest BCUT2D eigenvalue weighted by atomic mass is 9.87. The Morgan fingerprint density at radius 3 is 2.63 bits per heavy atom. The molecule has 1 heterocycles. The van der Waals surface area contributed by atoms with Crippen LogP contribution in [0, 0.1) is 11.8 Å². The maximum absolute atomic E-state index is 13.0. The molecule has 2 fully saturated rings. The van der Waals surface area contributed by atoms with Crippen LogP contribution in [-0.4, -0.2) is 56.3 Å². The first-order chi connectivity index (χ1) is 13.1. The highest BCUT2D eigenvalue weighted by atomic mass is 32.1. The molecule has 0 aromatic heterocycles. The number of rotatable bonds is 7. The maximum Gasteiger partial charge on any atom is 0.225 e. The molecule has 0 bridgehead atoms. The normalized spacial score (nSPS) is 21.7. The van der Waals surface area contributed by atoms with Gasteiger partial charge in [0.05, 0.1) is 20.1 Å². The molecule has 0 spiro atoms. The largest absolute Gasteiger partial charge is 0.493 e. The number of methoxy groups -OCH3 is 2. The zero-order valence-electron chi connectivity index (χ0n) is 16.3. The van der Waals surface area contributed by atoms with Gasteiger partial charge < -0.3 is 25.0 Å². The van der Waals surface area contributed by atoms with Gasteiger partial charge in [0.15, 0.2) is 16.6 Å². The molecule has 1 saturated heterocycles. The van der Waals surface area contributed by atoms with E-state index >= 15 is 0 Å². The van der Waals surface area contributed by atoms with E-state index in [1.807, 2.05) is 25.1 Å². The smallest absolute Gasteiger partial charge is 0.225 e. The van der Waals surface area contributed by atoms with E-state index < -0.39 is 0 Å². The fraction of sp³-hybridized carbons (Fsp3) is 0.600. The molecule has 3 rings (SSSR count). The number of nitrogens with zero attached hydrogens (tertiary/aromatic N) is 1. The average Bonchev–Trinajstić information content (AvgIpc) is 3.41. The van der Waals surface area contributed by atoms with E-state index in [2.05, 4.69) is 15.5 Å². The van der Waals surface area contributed by atoms with Gasteiger partial charge in [-0.2, -0.15) is 0 Å². The number of carbonyl (C=O) groups is 1. The van der Waals surface area contributed by atoms with Crippen molar-refractivity contribution in [3.63, 3.8) is 0 Å². The highest BCUT2D eigenvalue weighted by molar-refractivity contribution is 7.80. The van der Waals surface area contributed by atoms with Gasteiger partial charge in [0, 0.05) is 37.7 Å². The molecule has 148 valence electrons. The first kappa shape index (κ1) is 19.7. The minimum atomic E-state index is -0.179. The zero-order chi connectivity index (χ0) is 19.4. The topological polar surface area (TPSA) is 62.8 Å². The molecular formula is C20H29N3O3S. The van der Waals surface area contributed by atoms with Crippen molar-refractivity contribution in [2.24, 2.45) is 11.8 Å². The first-order valence-corrected chi connectivity index (χ1v) is 10.0. The van der Waals surface area contributed by atoms with Crippen molar-refractivity contribution in [3.8, 4) is 11.5 Å². The number of carbonyl (C=O) groups excluding carboxylic acids is 1. The van der Waals surface area contributed by atoms with Gasteiger partial charge in [-0.15, -0.1) is 0 Å². The molecule has 0 radical (unpaired) electrons. The number of hydrogen-bond acceptors (Lipinski definition) is 4. The molecule has 1 aliphatic heterocycles. The number of hydrogen-bond donors (Lipinski definition) is 2. The second kappa shape index (κ2) is 8.78. The van der Waals surface area contributed by atoms with Crippen LogP contribution in [-0.2, 0) is 4.79 Å². The third kappa shape index (κ3) is 4.46. The van der Waals surface area contributed by atoms with Crippen LogP contribution in [0.1, 0.15) is 31.2 Å².